The molecule has 0 aliphatic heterocycles. The number of ether oxygens (including phenoxy) is 1. The van der Waals surface area contributed by atoms with Gasteiger partial charge in [0.1, 0.15) is 0 Å². The van der Waals surface area contributed by atoms with Crippen LogP contribution in [-0.2, 0) is 4.74 Å². The predicted molar refractivity (Wildman–Crippen MR) is 55.4 cm³/mol. The highest BCUT2D eigenvalue weighted by Crippen LogP contribution is 2.21. The summed E-state index contributed by atoms with van der Waals surface area (Å²) < 4.78 is 5.63. The second-order valence-electron chi connectivity index (χ2n) is 3.00. The van der Waals surface area contributed by atoms with Gasteiger partial charge < -0.3 is 4.74 Å². The van der Waals surface area contributed by atoms with Gasteiger partial charge in [-0.25, -0.2) is 0 Å². The number of rotatable bonds is 5. The van der Waals surface area contributed by atoms with E-state index in [0.29, 0.717) is 0 Å². The lowest BCUT2D eigenvalue weighted by molar-refractivity contribution is 0.0568. The Balaban J connectivity index is 2.64. The minimum Gasteiger partial charge on any atom is -0.374 e. The van der Waals surface area contributed by atoms with Crippen molar-refractivity contribution >= 4 is 0 Å². The van der Waals surface area contributed by atoms with Gasteiger partial charge in [-0.05, 0) is 18.9 Å². The Hall–Kier alpha value is -0.820. The maximum atomic E-state index is 5.63. The lowest BCUT2D eigenvalue weighted by Crippen LogP contribution is -2.03. The third kappa shape index (κ3) is 3.19. The van der Waals surface area contributed by atoms with E-state index in [1.165, 1.54) is 5.56 Å². The molecule has 1 aromatic rings. The number of hydrogen-bond acceptors (Lipinski definition) is 1. The van der Waals surface area contributed by atoms with Gasteiger partial charge in [0.05, 0.1) is 6.10 Å². The van der Waals surface area contributed by atoms with E-state index in [0.717, 1.165) is 19.4 Å². The van der Waals surface area contributed by atoms with Gasteiger partial charge in [-0.2, -0.15) is 0 Å². The second-order valence-corrected chi connectivity index (χ2v) is 3.00. The van der Waals surface area contributed by atoms with E-state index in [1.807, 2.05) is 25.1 Å². The summed E-state index contributed by atoms with van der Waals surface area (Å²) in [4.78, 5) is 0. The molecule has 0 amide bonds. The average Bonchev–Trinajstić information content (AvgIpc) is 2.19. The standard InChI is InChI=1S/C12H17O/c1-3-8-12(13-4-2)11-9-6-5-7-10-11/h5-7,9-10,12H,1,3-4,8H2,2H3. The van der Waals surface area contributed by atoms with Crippen LogP contribution < -0.4 is 0 Å². The van der Waals surface area contributed by atoms with E-state index in [4.69, 9.17) is 4.74 Å². The summed E-state index contributed by atoms with van der Waals surface area (Å²) in [5.41, 5.74) is 1.26. The maximum absolute atomic E-state index is 5.63. The topological polar surface area (TPSA) is 9.23 Å². The summed E-state index contributed by atoms with van der Waals surface area (Å²) in [6.07, 6.45) is 2.14. The lowest BCUT2D eigenvalue weighted by atomic mass is 10.1. The van der Waals surface area contributed by atoms with Gasteiger partial charge in [0.2, 0.25) is 0 Å². The molecule has 1 heteroatoms. The van der Waals surface area contributed by atoms with Gasteiger partial charge in [-0.3, -0.25) is 0 Å². The van der Waals surface area contributed by atoms with Crippen LogP contribution in [0.4, 0.5) is 0 Å². The molecule has 0 saturated heterocycles. The van der Waals surface area contributed by atoms with Gasteiger partial charge in [0.15, 0.2) is 0 Å². The molecule has 1 rings (SSSR count). The second kappa shape index (κ2) is 5.76. The van der Waals surface area contributed by atoms with Crippen LogP contribution in [0.15, 0.2) is 30.3 Å². The molecule has 1 unspecified atom stereocenters. The van der Waals surface area contributed by atoms with Crippen LogP contribution in [0.25, 0.3) is 0 Å². The molecule has 0 heterocycles. The van der Waals surface area contributed by atoms with Crippen molar-refractivity contribution < 1.29 is 4.74 Å². The molecule has 1 nitrogen and oxygen atoms in total. The van der Waals surface area contributed by atoms with Crippen LogP contribution in [-0.4, -0.2) is 6.61 Å². The molecule has 0 aromatic heterocycles. The van der Waals surface area contributed by atoms with Gasteiger partial charge in [0, 0.05) is 6.61 Å². The summed E-state index contributed by atoms with van der Waals surface area (Å²) in [6, 6.07) is 10.3. The molecular weight excluding hydrogens is 160 g/mol. The molecule has 0 aliphatic carbocycles. The Morgan fingerprint density at radius 2 is 2.00 bits per heavy atom. The molecular formula is C12H17O. The summed E-state index contributed by atoms with van der Waals surface area (Å²) >= 11 is 0. The third-order valence-electron chi connectivity index (χ3n) is 2.01. The molecule has 0 fully saturated rings. The van der Waals surface area contributed by atoms with E-state index in [2.05, 4.69) is 19.1 Å². The van der Waals surface area contributed by atoms with Gasteiger partial charge in [-0.15, -0.1) is 0 Å². The average molecular weight is 177 g/mol. The molecule has 0 saturated carbocycles. The molecule has 0 aliphatic rings. The Bertz CT molecular complexity index is 212. The zero-order chi connectivity index (χ0) is 9.52. The summed E-state index contributed by atoms with van der Waals surface area (Å²) in [6.45, 7) is 6.64. The largest absolute Gasteiger partial charge is 0.374 e. The van der Waals surface area contributed by atoms with E-state index < -0.39 is 0 Å². The molecule has 1 radical (unpaired) electrons. The molecule has 0 spiro atoms. The van der Waals surface area contributed by atoms with Crippen molar-refractivity contribution in [2.24, 2.45) is 0 Å². The van der Waals surface area contributed by atoms with Gasteiger partial charge in [-0.1, -0.05) is 43.7 Å². The zero-order valence-corrected chi connectivity index (χ0v) is 8.20. The maximum Gasteiger partial charge on any atom is 0.0824 e. The Morgan fingerprint density at radius 1 is 1.31 bits per heavy atom. The van der Waals surface area contributed by atoms with Crippen LogP contribution in [0, 0.1) is 6.92 Å². The predicted octanol–water partition coefficient (Wildman–Crippen LogP) is 3.38. The van der Waals surface area contributed by atoms with Crippen molar-refractivity contribution in [2.75, 3.05) is 6.61 Å². The fourth-order valence-electron chi connectivity index (χ4n) is 1.40. The summed E-state index contributed by atoms with van der Waals surface area (Å²) in [5.74, 6) is 0. The SMILES string of the molecule is [CH2]CCC(OCC)c1ccccc1. The first-order valence-electron chi connectivity index (χ1n) is 4.84. The number of benzene rings is 1. The highest BCUT2D eigenvalue weighted by atomic mass is 16.5. The lowest BCUT2D eigenvalue weighted by Gasteiger charge is -2.16. The quantitative estimate of drug-likeness (QED) is 0.670. The highest BCUT2D eigenvalue weighted by Gasteiger charge is 2.08. The molecule has 0 bridgehead atoms. The summed E-state index contributed by atoms with van der Waals surface area (Å²) in [5, 5.41) is 0. The van der Waals surface area contributed by atoms with Crippen LogP contribution in [0.3, 0.4) is 0 Å². The Labute approximate surface area is 80.7 Å². The molecule has 71 valence electrons. The minimum absolute atomic E-state index is 0.226. The monoisotopic (exact) mass is 177 g/mol. The Kier molecular flexibility index (Phi) is 4.55. The normalized spacial score (nSPS) is 12.8. The van der Waals surface area contributed by atoms with Gasteiger partial charge in [0.25, 0.3) is 0 Å². The van der Waals surface area contributed by atoms with E-state index in [1.54, 1.807) is 0 Å². The first kappa shape index (κ1) is 10.3. The van der Waals surface area contributed by atoms with Crippen molar-refractivity contribution in [3.63, 3.8) is 0 Å². The molecule has 1 aromatic carbocycles. The van der Waals surface area contributed by atoms with E-state index >= 15 is 0 Å². The van der Waals surface area contributed by atoms with Crippen molar-refractivity contribution in [1.82, 2.24) is 0 Å². The van der Waals surface area contributed by atoms with Crippen LogP contribution >= 0.6 is 0 Å². The van der Waals surface area contributed by atoms with Crippen LogP contribution in [0.5, 0.6) is 0 Å². The fourth-order valence-corrected chi connectivity index (χ4v) is 1.40. The first-order valence-corrected chi connectivity index (χ1v) is 4.84. The summed E-state index contributed by atoms with van der Waals surface area (Å²) in [7, 11) is 0. The first-order chi connectivity index (χ1) is 6.38. The Morgan fingerprint density at radius 3 is 2.54 bits per heavy atom. The molecule has 13 heavy (non-hydrogen) atoms. The van der Waals surface area contributed by atoms with Crippen molar-refractivity contribution in [2.45, 2.75) is 25.9 Å². The van der Waals surface area contributed by atoms with Gasteiger partial charge >= 0.3 is 0 Å². The van der Waals surface area contributed by atoms with E-state index in [-0.39, 0.29) is 6.10 Å². The van der Waals surface area contributed by atoms with E-state index in [9.17, 15) is 0 Å². The van der Waals surface area contributed by atoms with Crippen LogP contribution in [0.2, 0.25) is 0 Å². The smallest absolute Gasteiger partial charge is 0.0824 e. The van der Waals surface area contributed by atoms with Crippen LogP contribution in [0.1, 0.15) is 31.4 Å². The molecule has 0 N–H and O–H groups in total. The number of hydrogen-bond donors (Lipinski definition) is 0. The zero-order valence-electron chi connectivity index (χ0n) is 8.20. The van der Waals surface area contributed by atoms with Crippen molar-refractivity contribution in [3.8, 4) is 0 Å². The third-order valence-corrected chi connectivity index (χ3v) is 2.01. The van der Waals surface area contributed by atoms with Crippen molar-refractivity contribution in [3.05, 3.63) is 42.8 Å². The highest BCUT2D eigenvalue weighted by molar-refractivity contribution is 5.17. The minimum atomic E-state index is 0.226. The molecule has 1 atom stereocenters. The van der Waals surface area contributed by atoms with Crippen molar-refractivity contribution in [1.29, 1.82) is 0 Å². The fraction of sp³-hybridized carbons (Fsp3) is 0.417.